The third-order valence-electron chi connectivity index (χ3n) is 3.04. The van der Waals surface area contributed by atoms with Crippen molar-refractivity contribution in [3.63, 3.8) is 0 Å². The molecule has 0 aromatic carbocycles. The SMILES string of the molecule is O=S1(=O)CCCN1CCC1=CCNCC1. The number of nitrogens with one attached hydrogen (secondary N) is 1. The molecular formula is C10H18N2O2S. The molecule has 0 spiro atoms. The van der Waals surface area contributed by atoms with Gasteiger partial charge in [0.1, 0.15) is 0 Å². The van der Waals surface area contributed by atoms with Crippen molar-refractivity contribution >= 4 is 10.0 Å². The fourth-order valence-electron chi connectivity index (χ4n) is 2.11. The lowest BCUT2D eigenvalue weighted by Crippen LogP contribution is -2.28. The molecule has 1 fully saturated rings. The van der Waals surface area contributed by atoms with Crippen molar-refractivity contribution in [3.8, 4) is 0 Å². The fourth-order valence-corrected chi connectivity index (χ4v) is 3.64. The smallest absolute Gasteiger partial charge is 0.214 e. The Kier molecular flexibility index (Phi) is 3.43. The Hall–Kier alpha value is -0.390. The van der Waals surface area contributed by atoms with E-state index in [4.69, 9.17) is 0 Å². The first-order valence-electron chi connectivity index (χ1n) is 5.55. The van der Waals surface area contributed by atoms with Crippen LogP contribution >= 0.6 is 0 Å². The van der Waals surface area contributed by atoms with Gasteiger partial charge in [-0.1, -0.05) is 11.6 Å². The molecule has 0 bridgehead atoms. The van der Waals surface area contributed by atoms with E-state index in [1.807, 2.05) is 0 Å². The van der Waals surface area contributed by atoms with E-state index in [-0.39, 0.29) is 0 Å². The molecule has 0 atom stereocenters. The van der Waals surface area contributed by atoms with Crippen LogP contribution in [0.3, 0.4) is 0 Å². The lowest BCUT2D eigenvalue weighted by atomic mass is 10.1. The molecule has 2 aliphatic rings. The standard InChI is InChI=1S/C10H18N2O2S/c13-15(14)9-1-7-12(15)8-4-10-2-5-11-6-3-10/h2,11H,1,3-9H2. The third kappa shape index (κ3) is 2.80. The fraction of sp³-hybridized carbons (Fsp3) is 0.800. The van der Waals surface area contributed by atoms with Crippen LogP contribution in [0.4, 0.5) is 0 Å². The number of hydrogen-bond donors (Lipinski definition) is 1. The summed E-state index contributed by atoms with van der Waals surface area (Å²) in [6.45, 7) is 3.35. The van der Waals surface area contributed by atoms with E-state index < -0.39 is 10.0 Å². The summed E-state index contributed by atoms with van der Waals surface area (Å²) >= 11 is 0. The van der Waals surface area contributed by atoms with E-state index in [9.17, 15) is 8.42 Å². The number of nitrogens with zero attached hydrogens (tertiary/aromatic N) is 1. The van der Waals surface area contributed by atoms with Gasteiger partial charge in [0, 0.05) is 19.6 Å². The predicted molar refractivity (Wildman–Crippen MR) is 60.2 cm³/mol. The molecule has 4 nitrogen and oxygen atoms in total. The van der Waals surface area contributed by atoms with Gasteiger partial charge in [0.05, 0.1) is 5.75 Å². The molecule has 1 saturated heterocycles. The highest BCUT2D eigenvalue weighted by atomic mass is 32.2. The summed E-state index contributed by atoms with van der Waals surface area (Å²) in [6.07, 6.45) is 4.95. The summed E-state index contributed by atoms with van der Waals surface area (Å²) in [5.74, 6) is 0.341. The quantitative estimate of drug-likeness (QED) is 0.711. The van der Waals surface area contributed by atoms with Gasteiger partial charge in [-0.05, 0) is 25.8 Å². The highest BCUT2D eigenvalue weighted by Gasteiger charge is 2.27. The van der Waals surface area contributed by atoms with Crippen LogP contribution in [0.2, 0.25) is 0 Å². The van der Waals surface area contributed by atoms with E-state index in [0.29, 0.717) is 18.8 Å². The first-order valence-corrected chi connectivity index (χ1v) is 7.16. The molecule has 2 heterocycles. The Morgan fingerprint density at radius 3 is 2.93 bits per heavy atom. The second-order valence-electron chi connectivity index (χ2n) is 4.14. The van der Waals surface area contributed by atoms with Gasteiger partial charge in [0.15, 0.2) is 0 Å². The summed E-state index contributed by atoms with van der Waals surface area (Å²) in [4.78, 5) is 0. The molecule has 86 valence electrons. The minimum absolute atomic E-state index is 0.341. The zero-order chi connectivity index (χ0) is 10.7. The second kappa shape index (κ2) is 4.63. The van der Waals surface area contributed by atoms with Crippen LogP contribution in [0.25, 0.3) is 0 Å². The molecule has 5 heteroatoms. The van der Waals surface area contributed by atoms with Crippen LogP contribution in [-0.2, 0) is 10.0 Å². The average Bonchev–Trinajstić information content (AvgIpc) is 2.56. The maximum absolute atomic E-state index is 11.5. The molecule has 0 amide bonds. The van der Waals surface area contributed by atoms with Crippen molar-refractivity contribution in [1.82, 2.24) is 9.62 Å². The van der Waals surface area contributed by atoms with Crippen molar-refractivity contribution in [3.05, 3.63) is 11.6 Å². The van der Waals surface area contributed by atoms with Crippen molar-refractivity contribution < 1.29 is 8.42 Å². The molecule has 15 heavy (non-hydrogen) atoms. The Bertz CT molecular complexity index is 348. The van der Waals surface area contributed by atoms with Gasteiger partial charge in [-0.3, -0.25) is 0 Å². The van der Waals surface area contributed by atoms with Crippen molar-refractivity contribution in [2.45, 2.75) is 19.3 Å². The minimum atomic E-state index is -2.90. The first kappa shape index (κ1) is 11.1. The Morgan fingerprint density at radius 2 is 2.33 bits per heavy atom. The van der Waals surface area contributed by atoms with Crippen LogP contribution in [0.1, 0.15) is 19.3 Å². The first-order chi connectivity index (χ1) is 7.18. The third-order valence-corrected chi connectivity index (χ3v) is 5.00. The predicted octanol–water partition coefficient (Wildman–Crippen LogP) is 0.332. The van der Waals surface area contributed by atoms with Crippen LogP contribution < -0.4 is 5.32 Å². The molecule has 0 saturated carbocycles. The highest BCUT2D eigenvalue weighted by Crippen LogP contribution is 2.17. The average molecular weight is 230 g/mol. The van der Waals surface area contributed by atoms with E-state index in [0.717, 1.165) is 32.4 Å². The zero-order valence-corrected chi connectivity index (χ0v) is 9.72. The molecule has 0 aromatic heterocycles. The van der Waals surface area contributed by atoms with Crippen LogP contribution in [0.5, 0.6) is 0 Å². The molecule has 0 aliphatic carbocycles. The molecule has 1 N–H and O–H groups in total. The monoisotopic (exact) mass is 230 g/mol. The molecular weight excluding hydrogens is 212 g/mol. The van der Waals surface area contributed by atoms with E-state index in [2.05, 4.69) is 11.4 Å². The van der Waals surface area contributed by atoms with Crippen LogP contribution in [0, 0.1) is 0 Å². The highest BCUT2D eigenvalue weighted by molar-refractivity contribution is 7.89. The van der Waals surface area contributed by atoms with Crippen molar-refractivity contribution in [1.29, 1.82) is 0 Å². The molecule has 0 radical (unpaired) electrons. The Balaban J connectivity index is 1.85. The second-order valence-corrected chi connectivity index (χ2v) is 6.22. The van der Waals surface area contributed by atoms with Gasteiger partial charge in [0.2, 0.25) is 10.0 Å². The van der Waals surface area contributed by atoms with Gasteiger partial charge < -0.3 is 5.32 Å². The lowest BCUT2D eigenvalue weighted by Gasteiger charge is -2.18. The van der Waals surface area contributed by atoms with Gasteiger partial charge >= 0.3 is 0 Å². The Labute approximate surface area is 91.4 Å². The summed E-state index contributed by atoms with van der Waals surface area (Å²) < 4.78 is 24.7. The van der Waals surface area contributed by atoms with E-state index in [1.54, 1.807) is 4.31 Å². The van der Waals surface area contributed by atoms with Crippen LogP contribution in [0.15, 0.2) is 11.6 Å². The molecule has 2 aliphatic heterocycles. The van der Waals surface area contributed by atoms with E-state index >= 15 is 0 Å². The lowest BCUT2D eigenvalue weighted by molar-refractivity contribution is 0.443. The van der Waals surface area contributed by atoms with Crippen molar-refractivity contribution in [2.24, 2.45) is 0 Å². The molecule has 2 rings (SSSR count). The van der Waals surface area contributed by atoms with Gasteiger partial charge in [-0.2, -0.15) is 0 Å². The van der Waals surface area contributed by atoms with Gasteiger partial charge in [-0.15, -0.1) is 0 Å². The summed E-state index contributed by atoms with van der Waals surface area (Å²) in [5.41, 5.74) is 1.40. The summed E-state index contributed by atoms with van der Waals surface area (Å²) in [7, 11) is -2.90. The summed E-state index contributed by atoms with van der Waals surface area (Å²) in [5, 5.41) is 3.25. The maximum atomic E-state index is 11.5. The normalized spacial score (nSPS) is 26.5. The van der Waals surface area contributed by atoms with Crippen molar-refractivity contribution in [2.75, 3.05) is 31.9 Å². The summed E-state index contributed by atoms with van der Waals surface area (Å²) in [6, 6.07) is 0. The van der Waals surface area contributed by atoms with E-state index in [1.165, 1.54) is 5.57 Å². The topological polar surface area (TPSA) is 49.4 Å². The van der Waals surface area contributed by atoms with Gasteiger partial charge in [-0.25, -0.2) is 12.7 Å². The number of hydrogen-bond acceptors (Lipinski definition) is 3. The van der Waals surface area contributed by atoms with Crippen LogP contribution in [-0.4, -0.2) is 44.7 Å². The molecule has 0 unspecified atom stereocenters. The number of sulfonamides is 1. The maximum Gasteiger partial charge on any atom is 0.214 e. The Morgan fingerprint density at radius 1 is 1.47 bits per heavy atom. The zero-order valence-electron chi connectivity index (χ0n) is 8.91. The molecule has 0 aromatic rings. The number of rotatable bonds is 3. The minimum Gasteiger partial charge on any atom is -0.313 e. The largest absolute Gasteiger partial charge is 0.313 e. The van der Waals surface area contributed by atoms with Gasteiger partial charge in [0.25, 0.3) is 0 Å².